The van der Waals surface area contributed by atoms with Crippen LogP contribution in [0.25, 0.3) is 0 Å². The first kappa shape index (κ1) is 15.7. The minimum atomic E-state index is 0. The van der Waals surface area contributed by atoms with Crippen molar-refractivity contribution in [2.24, 2.45) is 5.73 Å². The van der Waals surface area contributed by atoms with Crippen LogP contribution in [0.1, 0.15) is 30.9 Å². The van der Waals surface area contributed by atoms with Gasteiger partial charge in [0.2, 0.25) is 0 Å². The average Bonchev–Trinajstić information content (AvgIpc) is 2.18. The van der Waals surface area contributed by atoms with Gasteiger partial charge in [-0.25, -0.2) is 0 Å². The first-order chi connectivity index (χ1) is 7.09. The summed E-state index contributed by atoms with van der Waals surface area (Å²) in [7, 11) is 2.91. The van der Waals surface area contributed by atoms with E-state index in [1.54, 1.807) is 10.8 Å². The van der Waals surface area contributed by atoms with Gasteiger partial charge in [0.25, 0.3) is 0 Å². The van der Waals surface area contributed by atoms with E-state index in [2.05, 4.69) is 38.1 Å². The fourth-order valence-electron chi connectivity index (χ4n) is 1.16. The highest BCUT2D eigenvalue weighted by atomic mass is 35.5. The molecule has 0 aliphatic carbocycles. The maximum Gasteiger partial charge on any atom is 0.161 e. The minimum absolute atomic E-state index is 0. The SMILES string of the molecule is CC(C)c1ccc(CSSC(=N)N)cc1.Cl. The maximum absolute atomic E-state index is 7.07. The van der Waals surface area contributed by atoms with Gasteiger partial charge in [-0.2, -0.15) is 0 Å². The molecule has 0 spiro atoms. The van der Waals surface area contributed by atoms with Crippen LogP contribution in [-0.2, 0) is 5.75 Å². The minimum Gasteiger partial charge on any atom is -0.378 e. The van der Waals surface area contributed by atoms with Crippen molar-refractivity contribution in [2.45, 2.75) is 25.5 Å². The highest BCUT2D eigenvalue weighted by molar-refractivity contribution is 8.81. The fraction of sp³-hybridized carbons (Fsp3) is 0.364. The molecule has 5 heteroatoms. The predicted octanol–water partition coefficient (Wildman–Crippen LogP) is 4.01. The number of rotatable bonds is 4. The molecule has 0 aliphatic heterocycles. The van der Waals surface area contributed by atoms with Crippen LogP contribution in [0.3, 0.4) is 0 Å². The van der Waals surface area contributed by atoms with E-state index in [9.17, 15) is 0 Å². The highest BCUT2D eigenvalue weighted by Gasteiger charge is 1.99. The zero-order valence-corrected chi connectivity index (χ0v) is 11.8. The van der Waals surface area contributed by atoms with Gasteiger partial charge in [0, 0.05) is 5.75 Å². The van der Waals surface area contributed by atoms with Crippen LogP contribution in [0, 0.1) is 5.41 Å². The van der Waals surface area contributed by atoms with Gasteiger partial charge in [-0.3, -0.25) is 5.41 Å². The van der Waals surface area contributed by atoms with Crippen molar-refractivity contribution < 1.29 is 0 Å². The third kappa shape index (κ3) is 5.68. The second-order valence-corrected chi connectivity index (χ2v) is 5.94. The Morgan fingerprint density at radius 3 is 2.31 bits per heavy atom. The molecular weight excluding hydrogens is 260 g/mol. The largest absolute Gasteiger partial charge is 0.378 e. The molecule has 1 aromatic rings. The van der Waals surface area contributed by atoms with E-state index in [0.717, 1.165) is 5.75 Å². The molecule has 1 aromatic carbocycles. The molecule has 2 nitrogen and oxygen atoms in total. The number of nitrogens with two attached hydrogens (primary N) is 1. The highest BCUT2D eigenvalue weighted by Crippen LogP contribution is 2.25. The van der Waals surface area contributed by atoms with E-state index < -0.39 is 0 Å². The smallest absolute Gasteiger partial charge is 0.161 e. The monoisotopic (exact) mass is 276 g/mol. The Hall–Kier alpha value is -0.320. The Morgan fingerprint density at radius 2 is 1.88 bits per heavy atom. The summed E-state index contributed by atoms with van der Waals surface area (Å²) in [6.07, 6.45) is 0. The van der Waals surface area contributed by atoms with Crippen molar-refractivity contribution in [1.29, 1.82) is 5.41 Å². The van der Waals surface area contributed by atoms with E-state index in [1.165, 1.54) is 21.9 Å². The second kappa shape index (κ2) is 7.87. The van der Waals surface area contributed by atoms with Gasteiger partial charge in [-0.05, 0) is 27.8 Å². The second-order valence-electron chi connectivity index (χ2n) is 3.61. The van der Waals surface area contributed by atoms with Gasteiger partial charge in [0.15, 0.2) is 5.17 Å². The topological polar surface area (TPSA) is 49.9 Å². The number of nitrogens with one attached hydrogen (secondary N) is 1. The maximum atomic E-state index is 7.07. The molecule has 0 bridgehead atoms. The van der Waals surface area contributed by atoms with Gasteiger partial charge < -0.3 is 5.73 Å². The predicted molar refractivity (Wildman–Crippen MR) is 78.6 cm³/mol. The molecule has 3 N–H and O–H groups in total. The van der Waals surface area contributed by atoms with Gasteiger partial charge in [-0.1, -0.05) is 48.9 Å². The zero-order chi connectivity index (χ0) is 11.3. The quantitative estimate of drug-likeness (QED) is 0.496. The lowest BCUT2D eigenvalue weighted by Gasteiger charge is -2.06. The Labute approximate surface area is 111 Å². The molecule has 0 unspecified atom stereocenters. The molecule has 0 heterocycles. The molecule has 0 amide bonds. The number of benzene rings is 1. The molecular formula is C11H17ClN2S2. The summed E-state index contributed by atoms with van der Waals surface area (Å²) in [5.41, 5.74) is 7.89. The third-order valence-corrected chi connectivity index (χ3v) is 4.02. The Balaban J connectivity index is 0.00000225. The van der Waals surface area contributed by atoms with Gasteiger partial charge in [-0.15, -0.1) is 12.4 Å². The van der Waals surface area contributed by atoms with E-state index in [-0.39, 0.29) is 17.6 Å². The first-order valence-electron chi connectivity index (χ1n) is 4.82. The van der Waals surface area contributed by atoms with Crippen LogP contribution >= 0.6 is 34.0 Å². The third-order valence-electron chi connectivity index (χ3n) is 2.02. The summed E-state index contributed by atoms with van der Waals surface area (Å²) in [5.74, 6) is 1.47. The standard InChI is InChI=1S/C11H16N2S2.ClH/c1-8(2)10-5-3-9(4-6-10)7-14-15-11(12)13;/h3-6,8H,7H2,1-2H3,(H3,12,13);1H. The summed E-state index contributed by atoms with van der Waals surface area (Å²) < 4.78 is 0. The first-order valence-corrected chi connectivity index (χ1v) is 7.14. The number of hydrogen-bond acceptors (Lipinski definition) is 3. The van der Waals surface area contributed by atoms with E-state index in [0.29, 0.717) is 5.92 Å². The summed E-state index contributed by atoms with van der Waals surface area (Å²) in [6.45, 7) is 4.38. The lowest BCUT2D eigenvalue weighted by molar-refractivity contribution is 0.866. The van der Waals surface area contributed by atoms with Gasteiger partial charge in [0.1, 0.15) is 0 Å². The molecule has 0 atom stereocenters. The lowest BCUT2D eigenvalue weighted by atomic mass is 10.0. The van der Waals surface area contributed by atoms with Crippen LogP contribution < -0.4 is 5.73 Å². The molecule has 0 aliphatic rings. The lowest BCUT2D eigenvalue weighted by Crippen LogP contribution is -2.01. The molecule has 0 aromatic heterocycles. The Kier molecular flexibility index (Phi) is 7.72. The van der Waals surface area contributed by atoms with Crippen molar-refractivity contribution >= 4 is 39.2 Å². The Morgan fingerprint density at radius 1 is 1.31 bits per heavy atom. The molecule has 0 saturated carbocycles. The van der Waals surface area contributed by atoms with Gasteiger partial charge in [0.05, 0.1) is 0 Å². The number of amidine groups is 1. The van der Waals surface area contributed by atoms with Crippen LogP contribution in [-0.4, -0.2) is 5.17 Å². The summed E-state index contributed by atoms with van der Waals surface area (Å²) in [5, 5.41) is 7.24. The van der Waals surface area contributed by atoms with Crippen molar-refractivity contribution in [2.75, 3.05) is 0 Å². The number of halogens is 1. The van der Waals surface area contributed by atoms with Crippen LogP contribution in [0.4, 0.5) is 0 Å². The molecule has 1 rings (SSSR count). The normalized spacial score (nSPS) is 9.94. The van der Waals surface area contributed by atoms with E-state index in [4.69, 9.17) is 11.1 Å². The Bertz CT molecular complexity index is 325. The summed E-state index contributed by atoms with van der Waals surface area (Å²) in [4.78, 5) is 0. The van der Waals surface area contributed by atoms with Crippen LogP contribution in [0.2, 0.25) is 0 Å². The molecule has 0 saturated heterocycles. The van der Waals surface area contributed by atoms with Gasteiger partial charge >= 0.3 is 0 Å². The average molecular weight is 277 g/mol. The molecule has 90 valence electrons. The van der Waals surface area contributed by atoms with Crippen molar-refractivity contribution in [3.63, 3.8) is 0 Å². The molecule has 0 fully saturated rings. The van der Waals surface area contributed by atoms with Crippen molar-refractivity contribution in [3.05, 3.63) is 35.4 Å². The van der Waals surface area contributed by atoms with Crippen LogP contribution in [0.5, 0.6) is 0 Å². The van der Waals surface area contributed by atoms with Crippen molar-refractivity contribution in [1.82, 2.24) is 0 Å². The van der Waals surface area contributed by atoms with E-state index in [1.807, 2.05) is 0 Å². The van der Waals surface area contributed by atoms with E-state index >= 15 is 0 Å². The number of hydrogen-bond donors (Lipinski definition) is 2. The summed E-state index contributed by atoms with van der Waals surface area (Å²) >= 11 is 0. The fourth-order valence-corrected chi connectivity index (χ4v) is 2.64. The summed E-state index contributed by atoms with van der Waals surface area (Å²) in [6, 6.07) is 8.62. The zero-order valence-electron chi connectivity index (χ0n) is 9.40. The van der Waals surface area contributed by atoms with Crippen LogP contribution in [0.15, 0.2) is 24.3 Å². The molecule has 0 radical (unpaired) electrons. The molecule has 16 heavy (non-hydrogen) atoms. The van der Waals surface area contributed by atoms with Crippen molar-refractivity contribution in [3.8, 4) is 0 Å².